The third-order valence-corrected chi connectivity index (χ3v) is 7.62. The third-order valence-electron chi connectivity index (χ3n) is 5.48. The van der Waals surface area contributed by atoms with Gasteiger partial charge in [-0.05, 0) is 53.1 Å². The van der Waals surface area contributed by atoms with Gasteiger partial charge in [-0.3, -0.25) is 9.59 Å². The van der Waals surface area contributed by atoms with Gasteiger partial charge < -0.3 is 19.0 Å². The first kappa shape index (κ1) is 25.5. The molecule has 172 valence electrons. The van der Waals surface area contributed by atoms with E-state index in [1.165, 1.54) is 18.8 Å². The van der Waals surface area contributed by atoms with Crippen molar-refractivity contribution < 1.29 is 19.0 Å². The summed E-state index contributed by atoms with van der Waals surface area (Å²) >= 11 is 3.74. The van der Waals surface area contributed by atoms with Gasteiger partial charge in [0.05, 0.1) is 18.1 Å². The number of aromatic hydroxyl groups is 1. The molecule has 0 aliphatic carbocycles. The highest BCUT2D eigenvalue weighted by molar-refractivity contribution is 8.00. The molecule has 0 spiro atoms. The lowest BCUT2D eigenvalue weighted by atomic mass is 9.83. The van der Waals surface area contributed by atoms with Gasteiger partial charge in [-0.2, -0.15) is 23.5 Å². The minimum atomic E-state index is -0.354. The molecule has 0 aromatic carbocycles. The van der Waals surface area contributed by atoms with Crippen molar-refractivity contribution in [2.75, 3.05) is 23.0 Å². The fourth-order valence-corrected chi connectivity index (χ4v) is 5.76. The van der Waals surface area contributed by atoms with E-state index < -0.39 is 0 Å². The number of rotatable bonds is 12. The fourth-order valence-electron chi connectivity index (χ4n) is 3.16. The van der Waals surface area contributed by atoms with Crippen LogP contribution < -0.4 is 10.9 Å². The Morgan fingerprint density at radius 3 is 1.84 bits per heavy atom. The first-order chi connectivity index (χ1) is 14.6. The Hall–Kier alpha value is -1.80. The molecule has 0 unspecified atom stereocenters. The Bertz CT molecular complexity index is 884. The van der Waals surface area contributed by atoms with E-state index in [0.717, 1.165) is 48.5 Å². The Balaban J connectivity index is 1.64. The van der Waals surface area contributed by atoms with E-state index in [4.69, 9.17) is 13.9 Å². The Morgan fingerprint density at radius 2 is 1.29 bits per heavy atom. The molecule has 0 aliphatic heterocycles. The highest BCUT2D eigenvalue weighted by Crippen LogP contribution is 2.29. The van der Waals surface area contributed by atoms with Crippen molar-refractivity contribution in [3.63, 3.8) is 0 Å². The van der Waals surface area contributed by atoms with Crippen LogP contribution in [0.25, 0.3) is 0 Å². The van der Waals surface area contributed by atoms with Crippen LogP contribution in [-0.4, -0.2) is 33.2 Å². The van der Waals surface area contributed by atoms with E-state index in [0.29, 0.717) is 11.1 Å². The maximum atomic E-state index is 12.2. The summed E-state index contributed by atoms with van der Waals surface area (Å²) in [5.41, 5.74) is -0.188. The molecule has 0 saturated heterocycles. The third kappa shape index (κ3) is 7.10. The topological polar surface area (TPSA) is 104 Å². The van der Waals surface area contributed by atoms with E-state index in [9.17, 15) is 14.7 Å². The number of hydrogen-bond acceptors (Lipinski definition) is 7. The molecule has 0 atom stereocenters. The summed E-state index contributed by atoms with van der Waals surface area (Å²) < 4.78 is 10.2. The van der Waals surface area contributed by atoms with Crippen molar-refractivity contribution in [3.05, 3.63) is 56.6 Å². The van der Waals surface area contributed by atoms with Crippen LogP contribution in [0, 0.1) is 0 Å². The van der Waals surface area contributed by atoms with E-state index in [1.807, 2.05) is 51.2 Å². The van der Waals surface area contributed by atoms with Gasteiger partial charge in [0, 0.05) is 5.56 Å². The van der Waals surface area contributed by atoms with Gasteiger partial charge >= 0.3 is 5.75 Å². The standard InChI is InChI=1S/C23H32O6S2/c1-22(2,16-12-28-14-18(24)20(16)26)6-10-30-8-5-9-31-11-7-23(3,4)17-13-29-15-19(25)21(17)27/h12-15,24-25H,5-11H2,1-4H3/p+1. The molecular formula is C23H33O6S2+. The summed E-state index contributed by atoms with van der Waals surface area (Å²) in [7, 11) is 0. The van der Waals surface area contributed by atoms with Crippen LogP contribution in [0.5, 0.6) is 11.5 Å². The second-order valence-corrected chi connectivity index (χ2v) is 11.3. The van der Waals surface area contributed by atoms with Gasteiger partial charge in [0.2, 0.25) is 5.43 Å². The zero-order chi connectivity index (χ0) is 23.1. The minimum absolute atomic E-state index is 0.0941. The molecule has 3 N–H and O–H groups in total. The summed E-state index contributed by atoms with van der Waals surface area (Å²) in [6, 6.07) is 0. The molecule has 2 heterocycles. The van der Waals surface area contributed by atoms with Gasteiger partial charge in [0.1, 0.15) is 6.26 Å². The molecule has 0 bridgehead atoms. The van der Waals surface area contributed by atoms with Crippen LogP contribution in [0.4, 0.5) is 0 Å². The monoisotopic (exact) mass is 469 g/mol. The van der Waals surface area contributed by atoms with E-state index >= 15 is 0 Å². The fraction of sp³-hybridized carbons (Fsp3) is 0.565. The summed E-state index contributed by atoms with van der Waals surface area (Å²) in [5, 5.41) is 17.2. The van der Waals surface area contributed by atoms with Crippen molar-refractivity contribution >= 4 is 23.5 Å². The van der Waals surface area contributed by atoms with Crippen LogP contribution >= 0.6 is 23.5 Å². The summed E-state index contributed by atoms with van der Waals surface area (Å²) in [6.45, 7) is 8.02. The molecule has 0 aliphatic rings. The molecule has 6 nitrogen and oxygen atoms in total. The summed E-state index contributed by atoms with van der Waals surface area (Å²) in [4.78, 5) is 24.3. The quantitative estimate of drug-likeness (QED) is 0.357. The zero-order valence-corrected chi connectivity index (χ0v) is 20.3. The molecule has 2 rings (SSSR count). The summed E-state index contributed by atoms with van der Waals surface area (Å²) in [6.07, 6.45) is 7.92. The van der Waals surface area contributed by atoms with Gasteiger partial charge in [0.15, 0.2) is 12.0 Å². The van der Waals surface area contributed by atoms with Crippen molar-refractivity contribution in [1.29, 1.82) is 0 Å². The molecule has 0 radical (unpaired) electrons. The van der Waals surface area contributed by atoms with E-state index in [2.05, 4.69) is 0 Å². The molecular weight excluding hydrogens is 436 g/mol. The van der Waals surface area contributed by atoms with Crippen LogP contribution in [0.2, 0.25) is 0 Å². The Morgan fingerprint density at radius 1 is 0.806 bits per heavy atom. The molecule has 8 heteroatoms. The van der Waals surface area contributed by atoms with E-state index in [1.54, 1.807) is 0 Å². The van der Waals surface area contributed by atoms with Crippen molar-refractivity contribution in [2.45, 2.75) is 57.8 Å². The van der Waals surface area contributed by atoms with Crippen molar-refractivity contribution in [3.8, 4) is 11.5 Å². The van der Waals surface area contributed by atoms with Crippen LogP contribution in [0.3, 0.4) is 0 Å². The average Bonchev–Trinajstić information content (AvgIpc) is 2.70. The van der Waals surface area contributed by atoms with Gasteiger partial charge in [0.25, 0.3) is 5.43 Å². The van der Waals surface area contributed by atoms with Crippen LogP contribution in [0.1, 0.15) is 58.1 Å². The maximum Gasteiger partial charge on any atom is 0.338 e. The first-order valence-electron chi connectivity index (χ1n) is 10.3. The SMILES string of the molecule is CC(C)(CCSCCCSCCC(C)(C)c1cocc([OH2+])c1=O)c1cocc(O)c1=O. The number of thioether (sulfide) groups is 2. The highest BCUT2D eigenvalue weighted by atomic mass is 32.2. The van der Waals surface area contributed by atoms with Crippen LogP contribution in [0.15, 0.2) is 43.5 Å². The molecule has 0 fully saturated rings. The normalized spacial score (nSPS) is 12.3. The summed E-state index contributed by atoms with van der Waals surface area (Å²) in [5.74, 6) is 3.54. The smallest absolute Gasteiger partial charge is 0.338 e. The average molecular weight is 470 g/mol. The van der Waals surface area contributed by atoms with Crippen LogP contribution in [-0.2, 0) is 10.8 Å². The largest absolute Gasteiger partial charge is 0.588 e. The highest BCUT2D eigenvalue weighted by Gasteiger charge is 2.27. The van der Waals surface area contributed by atoms with Crippen molar-refractivity contribution in [2.24, 2.45) is 0 Å². The molecule has 0 amide bonds. The lowest BCUT2D eigenvalue weighted by Gasteiger charge is -2.23. The van der Waals surface area contributed by atoms with Gasteiger partial charge in [-0.15, -0.1) is 0 Å². The molecule has 2 aromatic heterocycles. The Labute approximate surface area is 191 Å². The zero-order valence-electron chi connectivity index (χ0n) is 18.7. The Kier molecular flexibility index (Phi) is 9.18. The second-order valence-electron chi connectivity index (χ2n) is 8.87. The van der Waals surface area contributed by atoms with Gasteiger partial charge in [-0.1, -0.05) is 27.7 Å². The lowest BCUT2D eigenvalue weighted by molar-refractivity contribution is 0.407. The minimum Gasteiger partial charge on any atom is -0.588 e. The molecule has 2 aromatic rings. The first-order valence-corrected chi connectivity index (χ1v) is 12.7. The maximum absolute atomic E-state index is 12.2. The van der Waals surface area contributed by atoms with E-state index in [-0.39, 0.29) is 33.2 Å². The predicted molar refractivity (Wildman–Crippen MR) is 129 cm³/mol. The number of hydrogen-bond donors (Lipinski definition) is 1. The van der Waals surface area contributed by atoms with Crippen molar-refractivity contribution in [1.82, 2.24) is 0 Å². The lowest BCUT2D eigenvalue weighted by Crippen LogP contribution is -2.26. The molecule has 0 saturated carbocycles. The second kappa shape index (κ2) is 11.2. The predicted octanol–water partition coefficient (Wildman–Crippen LogP) is 4.63. The molecule has 31 heavy (non-hydrogen) atoms. The van der Waals surface area contributed by atoms with Gasteiger partial charge in [-0.25, -0.2) is 0 Å².